The van der Waals surface area contributed by atoms with Gasteiger partial charge < -0.3 is 20.9 Å². The van der Waals surface area contributed by atoms with E-state index in [0.717, 1.165) is 62.6 Å². The Morgan fingerprint density at radius 1 is 0.950 bits per heavy atom. The maximum atomic E-state index is 5.32. The van der Waals surface area contributed by atoms with Gasteiger partial charge in [-0.05, 0) is 38.3 Å². The second-order valence-electron chi connectivity index (χ2n) is 4.45. The molecular weight excluding hydrogens is 314 g/mol. The summed E-state index contributed by atoms with van der Waals surface area (Å²) >= 11 is 10.4. The average Bonchev–Trinajstić information content (AvgIpc) is 2.40. The highest BCUT2D eigenvalue weighted by Crippen LogP contribution is 2.01. The minimum atomic E-state index is 0. The maximum absolute atomic E-state index is 5.32. The predicted octanol–water partition coefficient (Wildman–Crippen LogP) is 0.404. The molecule has 1 fully saturated rings. The average molecular weight is 340 g/mol. The molecule has 0 saturated carbocycles. The fourth-order valence-electron chi connectivity index (χ4n) is 1.99. The lowest BCUT2D eigenvalue weighted by Gasteiger charge is -2.36. The fourth-order valence-corrected chi connectivity index (χ4v) is 2.56. The lowest BCUT2D eigenvalue weighted by Crippen LogP contribution is -2.52. The molecule has 1 saturated heterocycles. The van der Waals surface area contributed by atoms with Crippen LogP contribution in [-0.4, -0.2) is 72.4 Å². The lowest BCUT2D eigenvalue weighted by atomic mass is 10.3. The summed E-state index contributed by atoms with van der Waals surface area (Å²) in [6, 6.07) is 0. The van der Waals surface area contributed by atoms with Crippen molar-refractivity contribution < 1.29 is 0 Å². The van der Waals surface area contributed by atoms with Crippen molar-refractivity contribution in [3.05, 3.63) is 0 Å². The standard InChI is InChI=1S/C12H25N5S2.ClH/c1-3-13-11(18)15-5-6-16-7-9-17(10-8-16)12(19)14-4-2;/h3-10H2,1-2H3,(H,14,19)(H2,13,15,18);1H. The first-order valence-electron chi connectivity index (χ1n) is 6.94. The zero-order valence-electron chi connectivity index (χ0n) is 12.3. The summed E-state index contributed by atoms with van der Waals surface area (Å²) < 4.78 is 0. The molecule has 8 heteroatoms. The van der Waals surface area contributed by atoms with Crippen molar-refractivity contribution in [1.82, 2.24) is 25.8 Å². The van der Waals surface area contributed by atoms with Gasteiger partial charge in [-0.25, -0.2) is 0 Å². The van der Waals surface area contributed by atoms with E-state index in [0.29, 0.717) is 0 Å². The molecule has 0 aromatic carbocycles. The van der Waals surface area contributed by atoms with E-state index in [9.17, 15) is 0 Å². The van der Waals surface area contributed by atoms with Crippen molar-refractivity contribution in [2.45, 2.75) is 13.8 Å². The van der Waals surface area contributed by atoms with Crippen LogP contribution in [0.15, 0.2) is 0 Å². The Kier molecular flexibility index (Phi) is 11.1. The number of nitrogens with zero attached hydrogens (tertiary/aromatic N) is 2. The van der Waals surface area contributed by atoms with Crippen molar-refractivity contribution in [1.29, 1.82) is 0 Å². The highest BCUT2D eigenvalue weighted by Gasteiger charge is 2.17. The largest absolute Gasteiger partial charge is 0.363 e. The highest BCUT2D eigenvalue weighted by molar-refractivity contribution is 7.80. The molecule has 0 spiro atoms. The Morgan fingerprint density at radius 3 is 2.10 bits per heavy atom. The van der Waals surface area contributed by atoms with Crippen LogP contribution >= 0.6 is 36.8 Å². The van der Waals surface area contributed by atoms with Crippen molar-refractivity contribution in [2.24, 2.45) is 0 Å². The van der Waals surface area contributed by atoms with Gasteiger partial charge in [-0.1, -0.05) is 0 Å². The molecule has 20 heavy (non-hydrogen) atoms. The summed E-state index contributed by atoms with van der Waals surface area (Å²) in [4.78, 5) is 4.68. The second-order valence-corrected chi connectivity index (χ2v) is 5.25. The van der Waals surface area contributed by atoms with Crippen molar-refractivity contribution >= 4 is 47.1 Å². The van der Waals surface area contributed by atoms with E-state index in [1.807, 2.05) is 6.92 Å². The minimum absolute atomic E-state index is 0. The van der Waals surface area contributed by atoms with Crippen LogP contribution in [-0.2, 0) is 0 Å². The first kappa shape index (κ1) is 19.6. The van der Waals surface area contributed by atoms with Gasteiger partial charge in [-0.15, -0.1) is 12.4 Å². The molecule has 0 aromatic rings. The number of rotatable bonds is 5. The van der Waals surface area contributed by atoms with E-state index < -0.39 is 0 Å². The molecule has 1 aliphatic heterocycles. The van der Waals surface area contributed by atoms with Gasteiger partial charge in [0, 0.05) is 52.4 Å². The third kappa shape index (κ3) is 7.42. The number of nitrogens with one attached hydrogen (secondary N) is 3. The Balaban J connectivity index is 0.00000361. The van der Waals surface area contributed by atoms with Crippen molar-refractivity contribution in [3.63, 3.8) is 0 Å². The molecule has 1 heterocycles. The lowest BCUT2D eigenvalue weighted by molar-refractivity contribution is 0.184. The van der Waals surface area contributed by atoms with E-state index >= 15 is 0 Å². The third-order valence-corrected chi connectivity index (χ3v) is 3.73. The first-order chi connectivity index (χ1) is 9.17. The van der Waals surface area contributed by atoms with Gasteiger partial charge in [0.2, 0.25) is 0 Å². The van der Waals surface area contributed by atoms with Crippen LogP contribution < -0.4 is 16.0 Å². The zero-order valence-corrected chi connectivity index (χ0v) is 14.7. The molecule has 0 amide bonds. The van der Waals surface area contributed by atoms with Crippen LogP contribution in [0, 0.1) is 0 Å². The molecule has 0 radical (unpaired) electrons. The monoisotopic (exact) mass is 339 g/mol. The van der Waals surface area contributed by atoms with Gasteiger partial charge in [0.05, 0.1) is 0 Å². The Bertz CT molecular complexity index is 293. The van der Waals surface area contributed by atoms with Crippen molar-refractivity contribution in [3.8, 4) is 0 Å². The quantitative estimate of drug-likeness (QED) is 0.627. The van der Waals surface area contributed by atoms with Gasteiger partial charge in [-0.3, -0.25) is 4.90 Å². The minimum Gasteiger partial charge on any atom is -0.363 e. The van der Waals surface area contributed by atoms with Crippen molar-refractivity contribution in [2.75, 3.05) is 52.4 Å². The molecular formula is C12H26ClN5S2. The summed E-state index contributed by atoms with van der Waals surface area (Å²) in [5.41, 5.74) is 0. The topological polar surface area (TPSA) is 42.6 Å². The Hall–Kier alpha value is -0.370. The molecule has 0 unspecified atom stereocenters. The van der Waals surface area contributed by atoms with Gasteiger partial charge in [0.15, 0.2) is 10.2 Å². The van der Waals surface area contributed by atoms with Crippen LogP contribution in [0.4, 0.5) is 0 Å². The summed E-state index contributed by atoms with van der Waals surface area (Å²) in [5, 5.41) is 11.1. The molecule has 1 aliphatic rings. The maximum Gasteiger partial charge on any atom is 0.169 e. The van der Waals surface area contributed by atoms with Crippen LogP contribution in [0.2, 0.25) is 0 Å². The smallest absolute Gasteiger partial charge is 0.169 e. The normalized spacial score (nSPS) is 15.2. The molecule has 0 bridgehead atoms. The SMILES string of the molecule is CCNC(=S)NCCN1CCN(C(=S)NCC)CC1.Cl. The Morgan fingerprint density at radius 2 is 1.55 bits per heavy atom. The molecule has 0 atom stereocenters. The zero-order chi connectivity index (χ0) is 14.1. The highest BCUT2D eigenvalue weighted by atomic mass is 35.5. The van der Waals surface area contributed by atoms with Crippen LogP contribution in [0.1, 0.15) is 13.8 Å². The Labute approximate surface area is 139 Å². The van der Waals surface area contributed by atoms with Crippen LogP contribution in [0.25, 0.3) is 0 Å². The van der Waals surface area contributed by atoms with Gasteiger partial charge in [-0.2, -0.15) is 0 Å². The summed E-state index contributed by atoms with van der Waals surface area (Å²) in [6.07, 6.45) is 0. The number of thiocarbonyl (C=S) groups is 2. The number of piperazine rings is 1. The molecule has 118 valence electrons. The number of halogens is 1. The number of hydrogen-bond acceptors (Lipinski definition) is 3. The summed E-state index contributed by atoms with van der Waals surface area (Å²) in [7, 11) is 0. The second kappa shape index (κ2) is 11.3. The van der Waals surface area contributed by atoms with Crippen LogP contribution in [0.5, 0.6) is 0 Å². The summed E-state index contributed by atoms with van der Waals surface area (Å²) in [6.45, 7) is 11.9. The molecule has 0 aromatic heterocycles. The van der Waals surface area contributed by atoms with Gasteiger partial charge in [0.25, 0.3) is 0 Å². The molecule has 0 aliphatic carbocycles. The third-order valence-electron chi connectivity index (χ3n) is 3.04. The predicted molar refractivity (Wildman–Crippen MR) is 95.8 cm³/mol. The van der Waals surface area contributed by atoms with E-state index in [1.165, 1.54) is 0 Å². The summed E-state index contributed by atoms with van der Waals surface area (Å²) in [5.74, 6) is 0. The fraction of sp³-hybridized carbons (Fsp3) is 0.833. The van der Waals surface area contributed by atoms with E-state index in [2.05, 4.69) is 32.7 Å². The van der Waals surface area contributed by atoms with E-state index in [1.54, 1.807) is 0 Å². The molecule has 3 N–H and O–H groups in total. The number of hydrogen-bond donors (Lipinski definition) is 3. The molecule has 1 rings (SSSR count). The van der Waals surface area contributed by atoms with E-state index in [4.69, 9.17) is 24.4 Å². The van der Waals surface area contributed by atoms with Gasteiger partial charge >= 0.3 is 0 Å². The first-order valence-corrected chi connectivity index (χ1v) is 7.75. The van der Waals surface area contributed by atoms with Gasteiger partial charge in [0.1, 0.15) is 0 Å². The molecule has 5 nitrogen and oxygen atoms in total. The van der Waals surface area contributed by atoms with Crippen LogP contribution in [0.3, 0.4) is 0 Å². The van der Waals surface area contributed by atoms with E-state index in [-0.39, 0.29) is 12.4 Å².